The van der Waals surface area contributed by atoms with E-state index in [0.717, 1.165) is 6.08 Å². The van der Waals surface area contributed by atoms with E-state index in [-0.39, 0.29) is 5.70 Å². The summed E-state index contributed by atoms with van der Waals surface area (Å²) in [5.41, 5.74) is 0.523. The molecular formula is C12H12ClNO4. The summed E-state index contributed by atoms with van der Waals surface area (Å²) in [6.07, 6.45) is 1.01. The highest BCUT2D eigenvalue weighted by molar-refractivity contribution is 6.30. The van der Waals surface area contributed by atoms with Crippen LogP contribution in [0.25, 0.3) is 0 Å². The van der Waals surface area contributed by atoms with Gasteiger partial charge in [-0.1, -0.05) is 17.7 Å². The Morgan fingerprint density at radius 3 is 2.56 bits per heavy atom. The molecule has 0 aromatic heterocycles. The van der Waals surface area contributed by atoms with Gasteiger partial charge in [-0.3, -0.25) is 0 Å². The molecule has 6 heteroatoms. The topological polar surface area (TPSA) is 64.6 Å². The van der Waals surface area contributed by atoms with Crippen molar-refractivity contribution in [2.45, 2.75) is 0 Å². The van der Waals surface area contributed by atoms with Crippen molar-refractivity contribution in [1.29, 1.82) is 0 Å². The van der Waals surface area contributed by atoms with Crippen LogP contribution in [0, 0.1) is 0 Å². The largest absolute Gasteiger partial charge is 0.466 e. The summed E-state index contributed by atoms with van der Waals surface area (Å²) in [4.78, 5) is 22.6. The average Bonchev–Trinajstić information content (AvgIpc) is 2.36. The van der Waals surface area contributed by atoms with Gasteiger partial charge in [-0.15, -0.1) is 0 Å². The van der Waals surface area contributed by atoms with Gasteiger partial charge in [-0.05, 0) is 18.2 Å². The van der Waals surface area contributed by atoms with Gasteiger partial charge in [0.1, 0.15) is 5.70 Å². The fourth-order valence-electron chi connectivity index (χ4n) is 1.15. The lowest BCUT2D eigenvalue weighted by atomic mass is 10.3. The number of ether oxygens (including phenoxy) is 2. The van der Waals surface area contributed by atoms with Gasteiger partial charge in [-0.25, -0.2) is 9.59 Å². The first-order chi connectivity index (χ1) is 8.56. The van der Waals surface area contributed by atoms with E-state index in [2.05, 4.69) is 14.8 Å². The highest BCUT2D eigenvalue weighted by Gasteiger charge is 2.12. The maximum absolute atomic E-state index is 11.5. The summed E-state index contributed by atoms with van der Waals surface area (Å²) in [6.45, 7) is 0. The maximum atomic E-state index is 11.5. The molecule has 0 aliphatic carbocycles. The zero-order valence-electron chi connectivity index (χ0n) is 9.90. The lowest BCUT2D eigenvalue weighted by Crippen LogP contribution is -2.15. The van der Waals surface area contributed by atoms with Crippen molar-refractivity contribution < 1.29 is 19.1 Å². The molecule has 1 aromatic rings. The summed E-state index contributed by atoms with van der Waals surface area (Å²) in [5.74, 6) is -1.34. The second-order valence-corrected chi connectivity index (χ2v) is 3.64. The predicted octanol–water partition coefficient (Wildman–Crippen LogP) is 1.98. The maximum Gasteiger partial charge on any atom is 0.354 e. The zero-order valence-corrected chi connectivity index (χ0v) is 10.7. The van der Waals surface area contributed by atoms with Gasteiger partial charge in [0.05, 0.1) is 20.3 Å². The Hall–Kier alpha value is -2.01. The summed E-state index contributed by atoms with van der Waals surface area (Å²) in [6, 6.07) is 6.70. The van der Waals surface area contributed by atoms with Crippen LogP contribution >= 0.6 is 11.6 Å². The smallest absolute Gasteiger partial charge is 0.354 e. The van der Waals surface area contributed by atoms with Crippen LogP contribution in [0.5, 0.6) is 0 Å². The molecular weight excluding hydrogens is 258 g/mol. The van der Waals surface area contributed by atoms with Gasteiger partial charge in [-0.2, -0.15) is 0 Å². The minimum Gasteiger partial charge on any atom is -0.466 e. The van der Waals surface area contributed by atoms with E-state index in [4.69, 9.17) is 11.6 Å². The van der Waals surface area contributed by atoms with Gasteiger partial charge < -0.3 is 14.8 Å². The van der Waals surface area contributed by atoms with Crippen LogP contribution in [-0.2, 0) is 19.1 Å². The molecule has 1 aromatic carbocycles. The van der Waals surface area contributed by atoms with Crippen LogP contribution < -0.4 is 5.32 Å². The van der Waals surface area contributed by atoms with Crippen molar-refractivity contribution in [2.24, 2.45) is 0 Å². The van der Waals surface area contributed by atoms with E-state index >= 15 is 0 Å². The summed E-state index contributed by atoms with van der Waals surface area (Å²) >= 11 is 5.81. The van der Waals surface area contributed by atoms with Crippen LogP contribution in [-0.4, -0.2) is 26.2 Å². The Kier molecular flexibility index (Phi) is 5.20. The third-order valence-electron chi connectivity index (χ3n) is 1.97. The number of nitrogens with one attached hydrogen (secondary N) is 1. The number of methoxy groups -OCH3 is 2. The summed E-state index contributed by atoms with van der Waals surface area (Å²) in [7, 11) is 2.43. The van der Waals surface area contributed by atoms with E-state index in [1.165, 1.54) is 14.2 Å². The van der Waals surface area contributed by atoms with E-state index < -0.39 is 11.9 Å². The van der Waals surface area contributed by atoms with Crippen molar-refractivity contribution in [2.75, 3.05) is 19.5 Å². The number of hydrogen-bond donors (Lipinski definition) is 1. The van der Waals surface area contributed by atoms with Crippen LogP contribution in [0.15, 0.2) is 36.0 Å². The lowest BCUT2D eigenvalue weighted by molar-refractivity contribution is -0.138. The van der Waals surface area contributed by atoms with Crippen LogP contribution in [0.4, 0.5) is 5.69 Å². The average molecular weight is 270 g/mol. The molecule has 0 fully saturated rings. The minimum atomic E-state index is -0.680. The molecule has 0 aliphatic heterocycles. The number of anilines is 1. The van der Waals surface area contributed by atoms with E-state index in [1.54, 1.807) is 24.3 Å². The van der Waals surface area contributed by atoms with Crippen LogP contribution in [0.2, 0.25) is 5.02 Å². The summed E-state index contributed by atoms with van der Waals surface area (Å²) < 4.78 is 9.00. The standard InChI is InChI=1S/C12H12ClNO4/c1-17-11(15)7-10(12(16)18-2)14-9-5-3-4-8(13)6-9/h3-7,14H,1-2H3. The second kappa shape index (κ2) is 6.66. The van der Waals surface area contributed by atoms with Crippen LogP contribution in [0.1, 0.15) is 0 Å². The number of carbonyl (C=O) groups excluding carboxylic acids is 2. The number of carbonyl (C=O) groups is 2. The van der Waals surface area contributed by atoms with Gasteiger partial charge >= 0.3 is 11.9 Å². The summed E-state index contributed by atoms with van der Waals surface area (Å²) in [5, 5.41) is 3.24. The van der Waals surface area contributed by atoms with E-state index in [9.17, 15) is 9.59 Å². The molecule has 0 radical (unpaired) electrons. The predicted molar refractivity (Wildman–Crippen MR) is 67.2 cm³/mol. The van der Waals surface area contributed by atoms with Gasteiger partial charge in [0.15, 0.2) is 0 Å². The minimum absolute atomic E-state index is 0.0355. The van der Waals surface area contributed by atoms with Gasteiger partial charge in [0.2, 0.25) is 0 Å². The SMILES string of the molecule is COC(=O)C=C(Nc1cccc(Cl)c1)C(=O)OC. The molecule has 0 heterocycles. The van der Waals surface area contributed by atoms with E-state index in [1.807, 2.05) is 0 Å². The normalized spacial score (nSPS) is 10.7. The Morgan fingerprint density at radius 1 is 1.28 bits per heavy atom. The third-order valence-corrected chi connectivity index (χ3v) is 2.21. The molecule has 0 bridgehead atoms. The number of halogens is 1. The molecule has 0 amide bonds. The molecule has 1 N–H and O–H groups in total. The quantitative estimate of drug-likeness (QED) is 0.669. The Balaban J connectivity index is 2.95. The van der Waals surface area contributed by atoms with Crippen molar-refractivity contribution in [3.63, 3.8) is 0 Å². The van der Waals surface area contributed by atoms with Gasteiger partial charge in [0, 0.05) is 10.7 Å². The molecule has 18 heavy (non-hydrogen) atoms. The molecule has 0 saturated heterocycles. The first kappa shape index (κ1) is 14.1. The van der Waals surface area contributed by atoms with Crippen molar-refractivity contribution in [1.82, 2.24) is 0 Å². The molecule has 0 aliphatic rings. The first-order valence-electron chi connectivity index (χ1n) is 4.97. The zero-order chi connectivity index (χ0) is 13.5. The van der Waals surface area contributed by atoms with Crippen molar-refractivity contribution in [3.05, 3.63) is 41.1 Å². The van der Waals surface area contributed by atoms with Crippen molar-refractivity contribution in [3.8, 4) is 0 Å². The highest BCUT2D eigenvalue weighted by atomic mass is 35.5. The first-order valence-corrected chi connectivity index (χ1v) is 5.35. The Morgan fingerprint density at radius 2 is 2.00 bits per heavy atom. The molecule has 0 spiro atoms. The van der Waals surface area contributed by atoms with E-state index in [0.29, 0.717) is 10.7 Å². The fraction of sp³-hybridized carbons (Fsp3) is 0.167. The van der Waals surface area contributed by atoms with Gasteiger partial charge in [0.25, 0.3) is 0 Å². The number of benzene rings is 1. The monoisotopic (exact) mass is 269 g/mol. The Bertz CT molecular complexity index is 485. The van der Waals surface area contributed by atoms with Crippen molar-refractivity contribution >= 4 is 29.2 Å². The molecule has 0 atom stereocenters. The third kappa shape index (κ3) is 4.10. The number of rotatable bonds is 4. The Labute approximate surface area is 109 Å². The fourth-order valence-corrected chi connectivity index (χ4v) is 1.34. The highest BCUT2D eigenvalue weighted by Crippen LogP contribution is 2.17. The molecule has 1 rings (SSSR count). The number of esters is 2. The molecule has 0 unspecified atom stereocenters. The molecule has 5 nitrogen and oxygen atoms in total. The molecule has 96 valence electrons. The number of hydrogen-bond acceptors (Lipinski definition) is 5. The molecule has 0 saturated carbocycles. The van der Waals surface area contributed by atoms with Crippen LogP contribution in [0.3, 0.4) is 0 Å². The lowest BCUT2D eigenvalue weighted by Gasteiger charge is -2.09. The second-order valence-electron chi connectivity index (χ2n) is 3.21.